The highest BCUT2D eigenvalue weighted by Crippen LogP contribution is 2.36. The van der Waals surface area contributed by atoms with Gasteiger partial charge < -0.3 is 5.32 Å². The Morgan fingerprint density at radius 1 is 1.26 bits per heavy atom. The van der Waals surface area contributed by atoms with Gasteiger partial charge in [0.2, 0.25) is 15.9 Å². The molecule has 0 spiro atoms. The lowest BCUT2D eigenvalue weighted by molar-refractivity contribution is -0.116. The van der Waals surface area contributed by atoms with Crippen molar-refractivity contribution < 1.29 is 13.2 Å². The summed E-state index contributed by atoms with van der Waals surface area (Å²) in [5.41, 5.74) is -1.06. The van der Waals surface area contributed by atoms with E-state index in [9.17, 15) is 22.8 Å². The molecule has 2 N–H and O–H groups in total. The van der Waals surface area contributed by atoms with Gasteiger partial charge in [-0.2, -0.15) is 0 Å². The molecule has 1 amide bonds. The second-order valence-corrected chi connectivity index (χ2v) is 10.3. The van der Waals surface area contributed by atoms with Crippen molar-refractivity contribution >= 4 is 26.8 Å². The second-order valence-electron chi connectivity index (χ2n) is 8.63. The first-order valence-electron chi connectivity index (χ1n) is 10.4. The SMILES string of the molecule is C=CC(=O)NCCn1c(=O)c2cc(S(=O)(=O)NC3(C)CC3)ccc2n(CC2CC2)c1=O. The van der Waals surface area contributed by atoms with E-state index >= 15 is 0 Å². The van der Waals surface area contributed by atoms with Crippen molar-refractivity contribution in [3.8, 4) is 0 Å². The van der Waals surface area contributed by atoms with Crippen LogP contribution in [0.1, 0.15) is 32.6 Å². The third-order valence-electron chi connectivity index (χ3n) is 5.84. The van der Waals surface area contributed by atoms with Gasteiger partial charge in [0, 0.05) is 25.2 Å². The highest BCUT2D eigenvalue weighted by molar-refractivity contribution is 7.89. The number of nitrogens with zero attached hydrogens (tertiary/aromatic N) is 2. The summed E-state index contributed by atoms with van der Waals surface area (Å²) in [7, 11) is -3.80. The molecule has 31 heavy (non-hydrogen) atoms. The van der Waals surface area contributed by atoms with E-state index in [4.69, 9.17) is 0 Å². The maximum Gasteiger partial charge on any atom is 0.331 e. The normalized spacial score (nSPS) is 17.5. The van der Waals surface area contributed by atoms with Crippen molar-refractivity contribution in [1.29, 1.82) is 0 Å². The first kappa shape index (κ1) is 21.5. The second kappa shape index (κ2) is 7.76. The average molecular weight is 447 g/mol. The zero-order valence-electron chi connectivity index (χ0n) is 17.4. The van der Waals surface area contributed by atoms with Gasteiger partial charge in [0.1, 0.15) is 0 Å². The van der Waals surface area contributed by atoms with E-state index in [2.05, 4.69) is 16.6 Å². The van der Waals surface area contributed by atoms with Crippen LogP contribution in [0.4, 0.5) is 0 Å². The number of amides is 1. The van der Waals surface area contributed by atoms with Gasteiger partial charge in [-0.15, -0.1) is 0 Å². The number of nitrogens with one attached hydrogen (secondary N) is 2. The Bertz CT molecular complexity index is 1280. The molecule has 1 aromatic carbocycles. The van der Waals surface area contributed by atoms with E-state index in [0.29, 0.717) is 18.0 Å². The molecular formula is C21H26N4O5S. The molecule has 1 heterocycles. The lowest BCUT2D eigenvalue weighted by Gasteiger charge is -2.16. The number of hydrogen-bond donors (Lipinski definition) is 2. The summed E-state index contributed by atoms with van der Waals surface area (Å²) in [5, 5.41) is 2.72. The highest BCUT2D eigenvalue weighted by atomic mass is 32.2. The van der Waals surface area contributed by atoms with E-state index in [1.165, 1.54) is 22.8 Å². The molecule has 2 aliphatic carbocycles. The Hall–Kier alpha value is -2.72. The van der Waals surface area contributed by atoms with Gasteiger partial charge in [0.05, 0.1) is 15.8 Å². The molecule has 2 saturated carbocycles. The van der Waals surface area contributed by atoms with Gasteiger partial charge in [0.15, 0.2) is 0 Å². The third kappa shape index (κ3) is 4.49. The number of fused-ring (bicyclic) bond motifs is 1. The molecule has 1 aromatic heterocycles. The van der Waals surface area contributed by atoms with Crippen LogP contribution in [0.25, 0.3) is 10.9 Å². The summed E-state index contributed by atoms with van der Waals surface area (Å²) >= 11 is 0. The Morgan fingerprint density at radius 2 is 1.97 bits per heavy atom. The number of sulfonamides is 1. The largest absolute Gasteiger partial charge is 0.351 e. The molecule has 0 saturated heterocycles. The van der Waals surface area contributed by atoms with Crippen LogP contribution in [0.3, 0.4) is 0 Å². The van der Waals surface area contributed by atoms with E-state index in [1.807, 2.05) is 6.92 Å². The molecule has 0 bridgehead atoms. The summed E-state index contributed by atoms with van der Waals surface area (Å²) in [6.07, 6.45) is 4.67. The highest BCUT2D eigenvalue weighted by Gasteiger charge is 2.41. The van der Waals surface area contributed by atoms with Crippen LogP contribution in [-0.2, 0) is 27.9 Å². The molecule has 0 unspecified atom stereocenters. The number of carbonyl (C=O) groups excluding carboxylic acids is 1. The average Bonchev–Trinajstić information content (AvgIpc) is 3.65. The van der Waals surface area contributed by atoms with Crippen molar-refractivity contribution in [3.05, 3.63) is 51.7 Å². The van der Waals surface area contributed by atoms with Crippen LogP contribution in [0.15, 0.2) is 45.3 Å². The lowest BCUT2D eigenvalue weighted by atomic mass is 10.2. The van der Waals surface area contributed by atoms with Gasteiger partial charge >= 0.3 is 5.69 Å². The van der Waals surface area contributed by atoms with Gasteiger partial charge in [-0.25, -0.2) is 17.9 Å². The number of rotatable bonds is 9. The Labute approximate surface area is 179 Å². The monoisotopic (exact) mass is 446 g/mol. The van der Waals surface area contributed by atoms with Gasteiger partial charge in [0.25, 0.3) is 5.56 Å². The maximum absolute atomic E-state index is 13.1. The van der Waals surface area contributed by atoms with E-state index < -0.39 is 32.7 Å². The molecule has 166 valence electrons. The van der Waals surface area contributed by atoms with Crippen LogP contribution in [0, 0.1) is 5.92 Å². The zero-order valence-corrected chi connectivity index (χ0v) is 18.2. The van der Waals surface area contributed by atoms with Gasteiger partial charge in [-0.05, 0) is 62.8 Å². The molecule has 0 aliphatic heterocycles. The minimum atomic E-state index is -3.80. The van der Waals surface area contributed by atoms with Crippen LogP contribution in [0.5, 0.6) is 0 Å². The third-order valence-corrected chi connectivity index (χ3v) is 7.48. The fraction of sp³-hybridized carbons (Fsp3) is 0.476. The first-order chi connectivity index (χ1) is 14.6. The fourth-order valence-corrected chi connectivity index (χ4v) is 5.03. The minimum Gasteiger partial charge on any atom is -0.351 e. The van der Waals surface area contributed by atoms with E-state index in [1.54, 1.807) is 0 Å². The van der Waals surface area contributed by atoms with Crippen molar-refractivity contribution in [3.63, 3.8) is 0 Å². The summed E-state index contributed by atoms with van der Waals surface area (Å²) in [6.45, 7) is 5.73. The standard InChI is InChI=1S/C21H26N4O5S/c1-3-18(26)22-10-11-24-19(27)16-12-15(31(29,30)23-21(2)8-9-21)6-7-17(16)25(20(24)28)13-14-4-5-14/h3,6-7,12,14,23H,1,4-5,8-11,13H2,2H3,(H,22,26). The minimum absolute atomic E-state index is 0.00615. The summed E-state index contributed by atoms with van der Waals surface area (Å²) in [6, 6.07) is 4.31. The van der Waals surface area contributed by atoms with Crippen LogP contribution in [0.2, 0.25) is 0 Å². The molecule has 2 aliphatic rings. The smallest absolute Gasteiger partial charge is 0.331 e. The van der Waals surface area contributed by atoms with E-state index in [0.717, 1.165) is 36.3 Å². The molecule has 9 nitrogen and oxygen atoms in total. The summed E-state index contributed by atoms with van der Waals surface area (Å²) in [5.74, 6) is -0.0348. The maximum atomic E-state index is 13.1. The summed E-state index contributed by atoms with van der Waals surface area (Å²) in [4.78, 5) is 37.6. The predicted octanol–water partition coefficient (Wildman–Crippen LogP) is 0.706. The number of benzene rings is 1. The molecule has 0 atom stereocenters. The van der Waals surface area contributed by atoms with Crippen molar-refractivity contribution in [2.75, 3.05) is 6.54 Å². The Balaban J connectivity index is 1.79. The van der Waals surface area contributed by atoms with Gasteiger partial charge in [-0.1, -0.05) is 6.58 Å². The number of hydrogen-bond acceptors (Lipinski definition) is 5. The quantitative estimate of drug-likeness (QED) is 0.550. The lowest BCUT2D eigenvalue weighted by Crippen LogP contribution is -2.43. The van der Waals surface area contributed by atoms with Crippen molar-refractivity contribution in [2.45, 2.75) is 56.1 Å². The van der Waals surface area contributed by atoms with Crippen LogP contribution in [-0.4, -0.2) is 35.5 Å². The molecule has 10 heteroatoms. The Morgan fingerprint density at radius 3 is 2.58 bits per heavy atom. The van der Waals surface area contributed by atoms with Crippen LogP contribution >= 0.6 is 0 Å². The summed E-state index contributed by atoms with van der Waals surface area (Å²) < 4.78 is 30.9. The fourth-order valence-electron chi connectivity index (χ4n) is 3.54. The number of aromatic nitrogens is 2. The van der Waals surface area contributed by atoms with Crippen LogP contribution < -0.4 is 21.3 Å². The molecule has 0 radical (unpaired) electrons. The molecular weight excluding hydrogens is 420 g/mol. The van der Waals surface area contributed by atoms with Crippen molar-refractivity contribution in [2.24, 2.45) is 5.92 Å². The topological polar surface area (TPSA) is 119 Å². The predicted molar refractivity (Wildman–Crippen MR) is 116 cm³/mol. The number of carbonyl (C=O) groups is 1. The zero-order chi connectivity index (χ0) is 22.4. The Kier molecular flexibility index (Phi) is 5.38. The van der Waals surface area contributed by atoms with Gasteiger partial charge in [-0.3, -0.25) is 18.7 Å². The molecule has 4 rings (SSSR count). The first-order valence-corrected chi connectivity index (χ1v) is 11.8. The van der Waals surface area contributed by atoms with Crippen molar-refractivity contribution in [1.82, 2.24) is 19.2 Å². The van der Waals surface area contributed by atoms with E-state index in [-0.39, 0.29) is 23.4 Å². The molecule has 2 fully saturated rings. The molecule has 2 aromatic rings.